The first-order valence-electron chi connectivity index (χ1n) is 6.02. The van der Waals surface area contributed by atoms with Crippen LogP contribution >= 0.6 is 15.9 Å². The predicted molar refractivity (Wildman–Crippen MR) is 72.5 cm³/mol. The van der Waals surface area contributed by atoms with E-state index in [0.717, 1.165) is 26.1 Å². The van der Waals surface area contributed by atoms with Gasteiger partial charge in [0.2, 0.25) is 5.91 Å². The summed E-state index contributed by atoms with van der Waals surface area (Å²) >= 11 is 3.18. The summed E-state index contributed by atoms with van der Waals surface area (Å²) in [5, 5.41) is 3.25. The maximum absolute atomic E-state index is 12.1. The minimum absolute atomic E-state index is 0.00102. The number of amides is 1. The first-order valence-corrected chi connectivity index (χ1v) is 6.81. The third-order valence-electron chi connectivity index (χ3n) is 2.97. The maximum atomic E-state index is 12.1. The Morgan fingerprint density at radius 1 is 1.39 bits per heavy atom. The summed E-state index contributed by atoms with van der Waals surface area (Å²) in [5.41, 5.74) is -0.168. The van der Waals surface area contributed by atoms with Crippen molar-refractivity contribution in [3.05, 3.63) is 33.2 Å². The molecule has 0 unspecified atom stereocenters. The highest BCUT2D eigenvalue weighted by Gasteiger charge is 2.16. The zero-order valence-electron chi connectivity index (χ0n) is 10.1. The molecule has 1 N–H and O–H groups in total. The summed E-state index contributed by atoms with van der Waals surface area (Å²) < 4.78 is 1.92. The van der Waals surface area contributed by atoms with E-state index in [1.54, 1.807) is 18.3 Å². The van der Waals surface area contributed by atoms with Gasteiger partial charge in [0.15, 0.2) is 0 Å². The smallest absolute Gasteiger partial charge is 0.265 e. The van der Waals surface area contributed by atoms with Crippen molar-refractivity contribution in [3.63, 3.8) is 0 Å². The lowest BCUT2D eigenvalue weighted by atomic mass is 10.3. The minimum atomic E-state index is -0.168. The van der Waals surface area contributed by atoms with Gasteiger partial charge in [0.1, 0.15) is 6.54 Å². The summed E-state index contributed by atoms with van der Waals surface area (Å²) in [4.78, 5) is 25.7. The Balaban J connectivity index is 2.06. The molecule has 0 atom stereocenters. The third kappa shape index (κ3) is 3.20. The molecule has 0 bridgehead atoms. The van der Waals surface area contributed by atoms with Gasteiger partial charge in [0.05, 0.1) is 4.47 Å². The lowest BCUT2D eigenvalue weighted by molar-refractivity contribution is -0.131. The van der Waals surface area contributed by atoms with Crippen molar-refractivity contribution in [3.8, 4) is 0 Å². The highest BCUT2D eigenvalue weighted by molar-refractivity contribution is 9.10. The summed E-state index contributed by atoms with van der Waals surface area (Å²) in [6.07, 6.45) is 2.60. The van der Waals surface area contributed by atoms with Gasteiger partial charge in [-0.3, -0.25) is 9.59 Å². The molecule has 0 spiro atoms. The number of nitrogens with one attached hydrogen (secondary N) is 1. The number of hydrogen-bond donors (Lipinski definition) is 1. The molecule has 98 valence electrons. The van der Waals surface area contributed by atoms with Crippen LogP contribution in [0.25, 0.3) is 0 Å². The van der Waals surface area contributed by atoms with Gasteiger partial charge < -0.3 is 14.8 Å². The Morgan fingerprint density at radius 3 is 3.06 bits per heavy atom. The fourth-order valence-corrected chi connectivity index (χ4v) is 2.35. The fourth-order valence-electron chi connectivity index (χ4n) is 1.97. The van der Waals surface area contributed by atoms with Crippen molar-refractivity contribution >= 4 is 21.8 Å². The zero-order chi connectivity index (χ0) is 13.0. The molecule has 0 aromatic carbocycles. The number of aromatic nitrogens is 1. The van der Waals surface area contributed by atoms with Crippen molar-refractivity contribution in [2.24, 2.45) is 0 Å². The van der Waals surface area contributed by atoms with Crippen molar-refractivity contribution < 1.29 is 4.79 Å². The largest absolute Gasteiger partial charge is 0.340 e. The van der Waals surface area contributed by atoms with Crippen molar-refractivity contribution in [2.45, 2.75) is 13.0 Å². The Labute approximate surface area is 114 Å². The summed E-state index contributed by atoms with van der Waals surface area (Å²) in [6, 6.07) is 3.43. The third-order valence-corrected chi connectivity index (χ3v) is 3.58. The topological polar surface area (TPSA) is 54.3 Å². The van der Waals surface area contributed by atoms with Gasteiger partial charge in [-0.15, -0.1) is 0 Å². The molecule has 0 aliphatic carbocycles. The molecular formula is C12H16BrN3O2. The molecule has 2 rings (SSSR count). The van der Waals surface area contributed by atoms with Crippen LogP contribution in [0.4, 0.5) is 0 Å². The van der Waals surface area contributed by atoms with Gasteiger partial charge in [0.25, 0.3) is 5.56 Å². The van der Waals surface area contributed by atoms with Crippen LogP contribution in [-0.2, 0) is 11.3 Å². The monoisotopic (exact) mass is 313 g/mol. The average molecular weight is 314 g/mol. The molecule has 1 aromatic rings. The molecule has 1 amide bonds. The van der Waals surface area contributed by atoms with Gasteiger partial charge >= 0.3 is 0 Å². The number of hydrogen-bond acceptors (Lipinski definition) is 3. The molecule has 2 heterocycles. The van der Waals surface area contributed by atoms with E-state index in [1.165, 1.54) is 4.57 Å². The van der Waals surface area contributed by atoms with Crippen molar-refractivity contribution in [1.82, 2.24) is 14.8 Å². The van der Waals surface area contributed by atoms with E-state index in [1.807, 2.05) is 4.90 Å². The number of carbonyl (C=O) groups is 1. The molecule has 18 heavy (non-hydrogen) atoms. The molecule has 0 saturated carbocycles. The summed E-state index contributed by atoms with van der Waals surface area (Å²) in [7, 11) is 0. The number of rotatable bonds is 2. The van der Waals surface area contributed by atoms with Crippen LogP contribution < -0.4 is 10.9 Å². The van der Waals surface area contributed by atoms with Crippen LogP contribution in [0.1, 0.15) is 6.42 Å². The van der Waals surface area contributed by atoms with Crippen LogP contribution in [0, 0.1) is 0 Å². The number of pyridine rings is 1. The second-order valence-corrected chi connectivity index (χ2v) is 5.13. The predicted octanol–water partition coefficient (Wildman–Crippen LogP) is 0.433. The molecule has 1 aromatic heterocycles. The Morgan fingerprint density at radius 2 is 2.22 bits per heavy atom. The molecule has 5 nitrogen and oxygen atoms in total. The quantitative estimate of drug-likeness (QED) is 0.861. The number of nitrogens with zero attached hydrogens (tertiary/aromatic N) is 2. The van der Waals surface area contributed by atoms with Gasteiger partial charge in [-0.25, -0.2) is 0 Å². The lowest BCUT2D eigenvalue weighted by Crippen LogP contribution is -2.38. The van der Waals surface area contributed by atoms with Gasteiger partial charge in [-0.2, -0.15) is 0 Å². The van der Waals surface area contributed by atoms with Gasteiger partial charge in [-0.1, -0.05) is 0 Å². The molecular weight excluding hydrogens is 298 g/mol. The Hall–Kier alpha value is -1.14. The van der Waals surface area contributed by atoms with Crippen molar-refractivity contribution in [2.75, 3.05) is 26.2 Å². The van der Waals surface area contributed by atoms with Crippen LogP contribution in [-0.4, -0.2) is 41.6 Å². The van der Waals surface area contributed by atoms with E-state index in [4.69, 9.17) is 0 Å². The highest BCUT2D eigenvalue weighted by atomic mass is 79.9. The second-order valence-electron chi connectivity index (χ2n) is 4.27. The second kappa shape index (κ2) is 6.15. The van der Waals surface area contributed by atoms with Crippen LogP contribution in [0.15, 0.2) is 27.6 Å². The number of halogens is 1. The molecule has 0 radical (unpaired) electrons. The SMILES string of the molecule is O=C(Cn1cccc(Br)c1=O)N1CCCNCC1. The average Bonchev–Trinajstić information content (AvgIpc) is 2.63. The first kappa shape index (κ1) is 13.3. The van der Waals surface area contributed by atoms with Crippen LogP contribution in [0.2, 0.25) is 0 Å². The van der Waals surface area contributed by atoms with E-state index >= 15 is 0 Å². The Kier molecular flexibility index (Phi) is 4.54. The maximum Gasteiger partial charge on any atom is 0.265 e. The molecule has 6 heteroatoms. The summed E-state index contributed by atoms with van der Waals surface area (Å²) in [6.45, 7) is 3.34. The minimum Gasteiger partial charge on any atom is -0.340 e. The van der Waals surface area contributed by atoms with Crippen LogP contribution in [0.5, 0.6) is 0 Å². The lowest BCUT2D eigenvalue weighted by Gasteiger charge is -2.20. The van der Waals surface area contributed by atoms with E-state index in [9.17, 15) is 9.59 Å². The standard InChI is InChI=1S/C12H16BrN3O2/c13-10-3-1-6-16(12(10)18)9-11(17)15-7-2-4-14-5-8-15/h1,3,6,14H,2,4-5,7-9H2. The highest BCUT2D eigenvalue weighted by Crippen LogP contribution is 2.02. The number of carbonyl (C=O) groups excluding carboxylic acids is 1. The van der Waals surface area contributed by atoms with Gasteiger partial charge in [0, 0.05) is 25.8 Å². The molecule has 1 fully saturated rings. The van der Waals surface area contributed by atoms with E-state index < -0.39 is 0 Å². The fraction of sp³-hybridized carbons (Fsp3) is 0.500. The normalized spacial score (nSPS) is 16.4. The van der Waals surface area contributed by atoms with E-state index in [2.05, 4.69) is 21.2 Å². The first-order chi connectivity index (χ1) is 8.68. The Bertz CT molecular complexity index is 478. The molecule has 1 aliphatic rings. The summed E-state index contributed by atoms with van der Waals surface area (Å²) in [5.74, 6) is -0.00102. The van der Waals surface area contributed by atoms with E-state index in [0.29, 0.717) is 11.0 Å². The van der Waals surface area contributed by atoms with Gasteiger partial charge in [-0.05, 0) is 41.0 Å². The van der Waals surface area contributed by atoms with Crippen LogP contribution in [0.3, 0.4) is 0 Å². The molecule has 1 aliphatic heterocycles. The zero-order valence-corrected chi connectivity index (χ0v) is 11.6. The van der Waals surface area contributed by atoms with E-state index in [-0.39, 0.29) is 18.0 Å². The van der Waals surface area contributed by atoms with Crippen molar-refractivity contribution in [1.29, 1.82) is 0 Å². The molecule has 1 saturated heterocycles.